The molecular formula is C17H27NO2S. The van der Waals surface area contributed by atoms with E-state index < -0.39 is 10.8 Å². The average molecular weight is 309 g/mol. The maximum Gasteiger partial charge on any atom is 0.119 e. The lowest BCUT2D eigenvalue weighted by molar-refractivity contribution is 0.410. The maximum atomic E-state index is 12.6. The van der Waals surface area contributed by atoms with Gasteiger partial charge in [0.05, 0.1) is 12.4 Å². The number of ether oxygens (including phenoxy) is 1. The Bertz CT molecular complexity index is 490. The van der Waals surface area contributed by atoms with Crippen LogP contribution in [-0.2, 0) is 17.2 Å². The zero-order chi connectivity index (χ0) is 15.2. The van der Waals surface area contributed by atoms with Gasteiger partial charge in [0.25, 0.3) is 0 Å². The smallest absolute Gasteiger partial charge is 0.119 e. The third-order valence-electron chi connectivity index (χ3n) is 4.22. The lowest BCUT2D eigenvalue weighted by atomic mass is 9.87. The third-order valence-corrected chi connectivity index (χ3v) is 6.09. The third kappa shape index (κ3) is 3.86. The molecule has 0 aromatic heterocycles. The minimum absolute atomic E-state index is 0.187. The minimum atomic E-state index is -0.757. The van der Waals surface area contributed by atoms with Gasteiger partial charge in [-0.05, 0) is 49.1 Å². The van der Waals surface area contributed by atoms with Gasteiger partial charge in [-0.15, -0.1) is 0 Å². The molecule has 0 saturated heterocycles. The summed E-state index contributed by atoms with van der Waals surface area (Å²) >= 11 is 0. The molecule has 0 bridgehead atoms. The summed E-state index contributed by atoms with van der Waals surface area (Å²) in [5.41, 5.74) is 2.64. The summed E-state index contributed by atoms with van der Waals surface area (Å²) in [6, 6.07) is 6.48. The van der Waals surface area contributed by atoms with E-state index >= 15 is 0 Å². The van der Waals surface area contributed by atoms with Gasteiger partial charge in [-0.1, -0.05) is 26.3 Å². The fourth-order valence-corrected chi connectivity index (χ4v) is 4.87. The highest BCUT2D eigenvalue weighted by Gasteiger charge is 2.32. The highest BCUT2D eigenvalue weighted by Crippen LogP contribution is 2.35. The SMILES string of the molecule is CCCCS(=O)C1CCc2ccc(OC)cc2C1NCC. The van der Waals surface area contributed by atoms with Gasteiger partial charge in [0.2, 0.25) is 0 Å². The largest absolute Gasteiger partial charge is 0.497 e. The van der Waals surface area contributed by atoms with Crippen molar-refractivity contribution in [2.75, 3.05) is 19.4 Å². The van der Waals surface area contributed by atoms with E-state index in [-0.39, 0.29) is 11.3 Å². The lowest BCUT2D eigenvalue weighted by Gasteiger charge is -2.34. The molecule has 0 heterocycles. The van der Waals surface area contributed by atoms with Crippen LogP contribution in [0.1, 0.15) is 50.3 Å². The molecule has 3 nitrogen and oxygen atoms in total. The quantitative estimate of drug-likeness (QED) is 0.840. The first-order valence-electron chi connectivity index (χ1n) is 7.98. The van der Waals surface area contributed by atoms with E-state index in [1.54, 1.807) is 7.11 Å². The van der Waals surface area contributed by atoms with Crippen LogP contribution in [0, 0.1) is 0 Å². The van der Waals surface area contributed by atoms with Gasteiger partial charge in [-0.2, -0.15) is 0 Å². The summed E-state index contributed by atoms with van der Waals surface area (Å²) in [5, 5.41) is 3.77. The first kappa shape index (κ1) is 16.5. The zero-order valence-corrected chi connectivity index (χ0v) is 14.2. The van der Waals surface area contributed by atoms with Crippen LogP contribution in [0.2, 0.25) is 0 Å². The molecule has 3 atom stereocenters. The molecule has 118 valence electrons. The molecule has 1 aliphatic carbocycles. The number of benzene rings is 1. The lowest BCUT2D eigenvalue weighted by Crippen LogP contribution is -2.39. The molecule has 1 aromatic carbocycles. The van der Waals surface area contributed by atoms with Crippen LogP contribution in [0.3, 0.4) is 0 Å². The topological polar surface area (TPSA) is 38.3 Å². The normalized spacial score (nSPS) is 22.6. The van der Waals surface area contributed by atoms with Crippen LogP contribution in [0.4, 0.5) is 0 Å². The maximum absolute atomic E-state index is 12.6. The number of hydrogen-bond acceptors (Lipinski definition) is 3. The number of fused-ring (bicyclic) bond motifs is 1. The van der Waals surface area contributed by atoms with Crippen LogP contribution in [-0.4, -0.2) is 28.9 Å². The van der Waals surface area contributed by atoms with Gasteiger partial charge in [0.15, 0.2) is 0 Å². The number of rotatable bonds is 7. The Labute approximate surface area is 130 Å². The Kier molecular flexibility index (Phi) is 6.24. The number of methoxy groups -OCH3 is 1. The van der Waals surface area contributed by atoms with Crippen molar-refractivity contribution >= 4 is 10.8 Å². The Morgan fingerprint density at radius 2 is 2.19 bits per heavy atom. The van der Waals surface area contributed by atoms with Gasteiger partial charge < -0.3 is 10.1 Å². The molecule has 0 spiro atoms. The molecule has 4 heteroatoms. The van der Waals surface area contributed by atoms with E-state index in [1.165, 1.54) is 11.1 Å². The summed E-state index contributed by atoms with van der Waals surface area (Å²) < 4.78 is 18.0. The zero-order valence-electron chi connectivity index (χ0n) is 13.4. The monoisotopic (exact) mass is 309 g/mol. The number of nitrogens with one attached hydrogen (secondary N) is 1. The highest BCUT2D eigenvalue weighted by atomic mass is 32.2. The van der Waals surface area contributed by atoms with Gasteiger partial charge in [-0.3, -0.25) is 4.21 Å². The predicted octanol–water partition coefficient (Wildman–Crippen LogP) is 3.21. The summed E-state index contributed by atoms with van der Waals surface area (Å²) in [6.45, 7) is 5.16. The molecule has 3 unspecified atom stereocenters. The van der Waals surface area contributed by atoms with Crippen LogP contribution < -0.4 is 10.1 Å². The molecule has 0 fully saturated rings. The van der Waals surface area contributed by atoms with Crippen molar-refractivity contribution in [2.45, 2.75) is 50.8 Å². The van der Waals surface area contributed by atoms with Crippen LogP contribution in [0.15, 0.2) is 18.2 Å². The molecule has 0 amide bonds. The van der Waals surface area contributed by atoms with E-state index in [0.717, 1.165) is 43.7 Å². The minimum Gasteiger partial charge on any atom is -0.497 e. The summed E-state index contributed by atoms with van der Waals surface area (Å²) in [7, 11) is 0.941. The molecular weight excluding hydrogens is 282 g/mol. The highest BCUT2D eigenvalue weighted by molar-refractivity contribution is 7.85. The van der Waals surface area contributed by atoms with Crippen molar-refractivity contribution in [3.63, 3.8) is 0 Å². The second-order valence-electron chi connectivity index (χ2n) is 5.62. The van der Waals surface area contributed by atoms with E-state index in [4.69, 9.17) is 4.74 Å². The van der Waals surface area contributed by atoms with E-state index in [9.17, 15) is 4.21 Å². The molecule has 1 N–H and O–H groups in total. The molecule has 1 aromatic rings. The molecule has 21 heavy (non-hydrogen) atoms. The molecule has 0 aliphatic heterocycles. The number of aryl methyl sites for hydroxylation is 1. The van der Waals surface area contributed by atoms with E-state index in [0.29, 0.717) is 0 Å². The van der Waals surface area contributed by atoms with Gasteiger partial charge in [0, 0.05) is 22.6 Å². The van der Waals surface area contributed by atoms with Crippen molar-refractivity contribution in [3.05, 3.63) is 29.3 Å². The van der Waals surface area contributed by atoms with Crippen LogP contribution in [0.25, 0.3) is 0 Å². The second kappa shape index (κ2) is 7.95. The summed E-state index contributed by atoms with van der Waals surface area (Å²) in [5.74, 6) is 1.71. The number of hydrogen-bond donors (Lipinski definition) is 1. The fourth-order valence-electron chi connectivity index (χ4n) is 3.06. The first-order valence-corrected chi connectivity index (χ1v) is 9.36. The predicted molar refractivity (Wildman–Crippen MR) is 89.4 cm³/mol. The standard InChI is InChI=1S/C17H27NO2S/c1-4-6-11-21(19)16-10-8-13-7-9-14(20-3)12-15(13)17(16)18-5-2/h7,9,12,16-18H,4-6,8,10-11H2,1-3H3. The Balaban J connectivity index is 2.26. The van der Waals surface area contributed by atoms with Crippen LogP contribution in [0.5, 0.6) is 5.75 Å². The van der Waals surface area contributed by atoms with Crippen molar-refractivity contribution in [1.29, 1.82) is 0 Å². The molecule has 1 aliphatic rings. The second-order valence-corrected chi connectivity index (χ2v) is 7.39. The van der Waals surface area contributed by atoms with Crippen LogP contribution >= 0.6 is 0 Å². The Hall–Kier alpha value is -0.870. The Morgan fingerprint density at radius 1 is 1.38 bits per heavy atom. The average Bonchev–Trinajstić information content (AvgIpc) is 2.52. The van der Waals surface area contributed by atoms with E-state index in [2.05, 4.69) is 31.3 Å². The van der Waals surface area contributed by atoms with Crippen molar-refractivity contribution in [3.8, 4) is 5.75 Å². The molecule has 0 radical (unpaired) electrons. The van der Waals surface area contributed by atoms with Gasteiger partial charge >= 0.3 is 0 Å². The molecule has 0 saturated carbocycles. The van der Waals surface area contributed by atoms with Crippen molar-refractivity contribution < 1.29 is 8.95 Å². The van der Waals surface area contributed by atoms with E-state index in [1.807, 2.05) is 6.07 Å². The fraction of sp³-hybridized carbons (Fsp3) is 0.647. The molecule has 2 rings (SSSR count). The summed E-state index contributed by atoms with van der Waals surface area (Å²) in [6.07, 6.45) is 4.18. The Morgan fingerprint density at radius 3 is 2.86 bits per heavy atom. The van der Waals surface area contributed by atoms with Crippen molar-refractivity contribution in [1.82, 2.24) is 5.32 Å². The van der Waals surface area contributed by atoms with Gasteiger partial charge in [0.1, 0.15) is 5.75 Å². The van der Waals surface area contributed by atoms with Crippen molar-refractivity contribution in [2.24, 2.45) is 0 Å². The number of unbranched alkanes of at least 4 members (excludes halogenated alkanes) is 1. The summed E-state index contributed by atoms with van der Waals surface area (Å²) in [4.78, 5) is 0. The van der Waals surface area contributed by atoms with Gasteiger partial charge in [-0.25, -0.2) is 0 Å². The first-order chi connectivity index (χ1) is 10.2.